The molecule has 1 heterocycles. The van der Waals surface area contributed by atoms with Crippen LogP contribution in [0, 0.1) is 22.7 Å². The largest absolute Gasteiger partial charge is 0.454 e. The van der Waals surface area contributed by atoms with Gasteiger partial charge in [0.2, 0.25) is 0 Å². The molecule has 3 fully saturated rings. The molecule has 4 aliphatic rings. The van der Waals surface area contributed by atoms with Gasteiger partial charge in [0, 0.05) is 38.0 Å². The minimum absolute atomic E-state index is 0.0147. The van der Waals surface area contributed by atoms with E-state index < -0.39 is 76.0 Å². The zero-order valence-corrected chi connectivity index (χ0v) is 20.9. The monoisotopic (exact) mass is 480 g/mol. The first-order chi connectivity index (χ1) is 15.6. The summed E-state index contributed by atoms with van der Waals surface area (Å²) in [6, 6.07) is 0. The molecule has 4 rings (SSSR count). The molecule has 0 radical (unpaired) electrons. The van der Waals surface area contributed by atoms with Crippen molar-refractivity contribution in [2.24, 2.45) is 22.7 Å². The Morgan fingerprint density at radius 3 is 2.24 bits per heavy atom. The first kappa shape index (κ1) is 25.3. The van der Waals surface area contributed by atoms with Crippen LogP contribution >= 0.6 is 0 Å². The Balaban J connectivity index is 2.05. The van der Waals surface area contributed by atoms with Crippen molar-refractivity contribution < 1.29 is 43.9 Å². The average molecular weight is 481 g/mol. The van der Waals surface area contributed by atoms with Crippen LogP contribution < -0.4 is 0 Å². The molecule has 0 spiro atoms. The van der Waals surface area contributed by atoms with Gasteiger partial charge in [-0.05, 0) is 30.9 Å². The van der Waals surface area contributed by atoms with Crippen LogP contribution in [-0.4, -0.2) is 75.3 Å². The van der Waals surface area contributed by atoms with Gasteiger partial charge in [0.15, 0.2) is 17.5 Å². The van der Waals surface area contributed by atoms with Crippen molar-refractivity contribution in [2.75, 3.05) is 6.61 Å². The maximum absolute atomic E-state index is 14.4. The Morgan fingerprint density at radius 2 is 1.74 bits per heavy atom. The van der Waals surface area contributed by atoms with E-state index in [0.29, 0.717) is 11.1 Å². The molecule has 0 aromatic heterocycles. The topological polar surface area (TPSA) is 140 Å². The minimum Gasteiger partial charge on any atom is -0.454 e. The van der Waals surface area contributed by atoms with Gasteiger partial charge in [-0.1, -0.05) is 20.8 Å². The second-order valence-corrected chi connectivity index (χ2v) is 11.4. The van der Waals surface area contributed by atoms with Gasteiger partial charge in [0.1, 0.15) is 6.10 Å². The molecule has 9 unspecified atom stereocenters. The molecule has 9 heteroatoms. The number of rotatable bonds is 2. The Hall–Kier alpha value is -1.81. The number of carbonyl (C=O) groups excluding carboxylic acids is 3. The van der Waals surface area contributed by atoms with Crippen LogP contribution in [0.4, 0.5) is 0 Å². The zero-order chi connectivity index (χ0) is 25.6. The predicted octanol–water partition coefficient (Wildman–Crippen LogP) is 1.06. The summed E-state index contributed by atoms with van der Waals surface area (Å²) in [4.78, 5) is 38.8. The molecule has 3 aliphatic carbocycles. The molecule has 9 nitrogen and oxygen atoms in total. The van der Waals surface area contributed by atoms with Gasteiger partial charge in [0.05, 0.1) is 29.8 Å². The summed E-state index contributed by atoms with van der Waals surface area (Å²) in [6.45, 7) is 11.1. The van der Waals surface area contributed by atoms with E-state index in [2.05, 4.69) is 0 Å². The van der Waals surface area contributed by atoms with E-state index in [1.54, 1.807) is 34.6 Å². The van der Waals surface area contributed by atoms with E-state index in [9.17, 15) is 29.7 Å². The SMILES string of the molecule is CC(=O)OC1C(=O)C2(C)C(O)CC3OCC3(OC(C)=O)C2C(C)C2(O)CC(O)C(C)=C1C2(C)C. The molecule has 3 N–H and O–H groups in total. The van der Waals surface area contributed by atoms with Gasteiger partial charge in [-0.25, -0.2) is 0 Å². The molecule has 1 aliphatic heterocycles. The number of ketones is 1. The lowest BCUT2D eigenvalue weighted by molar-refractivity contribution is -0.338. The maximum Gasteiger partial charge on any atom is 0.303 e. The van der Waals surface area contributed by atoms with Crippen LogP contribution in [0.1, 0.15) is 61.3 Å². The van der Waals surface area contributed by atoms with E-state index in [4.69, 9.17) is 14.2 Å². The van der Waals surface area contributed by atoms with E-state index in [-0.39, 0.29) is 19.4 Å². The molecule has 0 aromatic carbocycles. The predicted molar refractivity (Wildman–Crippen MR) is 118 cm³/mol. The standard InChI is InChI=1S/C25H36O9/c1-11-15(28)9-25(31)12(2)20-23(7,16(29)8-17-24(20,10-32-17)34-14(4)27)21(30)19(33-13(3)26)18(11)22(25,5)6/h12,15-17,19-20,28-29,31H,8-10H2,1-7H3. The van der Waals surface area contributed by atoms with E-state index in [1.807, 2.05) is 0 Å². The number of aliphatic hydroxyl groups excluding tert-OH is 2. The van der Waals surface area contributed by atoms with Crippen molar-refractivity contribution in [1.82, 2.24) is 0 Å². The fourth-order valence-electron chi connectivity index (χ4n) is 7.64. The minimum atomic E-state index is -1.59. The molecule has 9 atom stereocenters. The van der Waals surface area contributed by atoms with Gasteiger partial charge in [-0.3, -0.25) is 14.4 Å². The number of fused-ring (bicyclic) bond motifs is 5. The molecule has 0 amide bonds. The fraction of sp³-hybridized carbons (Fsp3) is 0.800. The van der Waals surface area contributed by atoms with Crippen molar-refractivity contribution in [3.05, 3.63) is 11.1 Å². The smallest absolute Gasteiger partial charge is 0.303 e. The summed E-state index contributed by atoms with van der Waals surface area (Å²) >= 11 is 0. The van der Waals surface area contributed by atoms with Crippen molar-refractivity contribution in [3.8, 4) is 0 Å². The van der Waals surface area contributed by atoms with Gasteiger partial charge in [0.25, 0.3) is 0 Å². The van der Waals surface area contributed by atoms with E-state index >= 15 is 0 Å². The highest BCUT2D eigenvalue weighted by Gasteiger charge is 2.76. The van der Waals surface area contributed by atoms with Gasteiger partial charge < -0.3 is 29.5 Å². The summed E-state index contributed by atoms with van der Waals surface area (Å²) < 4.78 is 17.2. The Labute approximate surface area is 199 Å². The number of esters is 2. The lowest BCUT2D eigenvalue weighted by atomic mass is 9.42. The van der Waals surface area contributed by atoms with Gasteiger partial charge in [-0.2, -0.15) is 0 Å². The third kappa shape index (κ3) is 2.96. The normalized spacial score (nSPS) is 47.4. The second-order valence-electron chi connectivity index (χ2n) is 11.4. The number of hydrogen-bond donors (Lipinski definition) is 3. The van der Waals surface area contributed by atoms with Crippen LogP contribution in [0.5, 0.6) is 0 Å². The number of aliphatic hydroxyl groups is 3. The lowest BCUT2D eigenvalue weighted by Gasteiger charge is -2.68. The molecule has 34 heavy (non-hydrogen) atoms. The summed E-state index contributed by atoms with van der Waals surface area (Å²) in [6.07, 6.45) is -4.32. The Bertz CT molecular complexity index is 969. The van der Waals surface area contributed by atoms with Crippen molar-refractivity contribution >= 4 is 17.7 Å². The molecule has 190 valence electrons. The molecule has 0 aromatic rings. The third-order valence-corrected chi connectivity index (χ3v) is 9.44. The van der Waals surface area contributed by atoms with Crippen molar-refractivity contribution in [2.45, 2.75) is 96.9 Å². The molecular weight excluding hydrogens is 444 g/mol. The number of Topliss-reactive ketones (excluding diaryl/α,β-unsaturated/α-hetero) is 1. The number of carbonyl (C=O) groups is 3. The maximum atomic E-state index is 14.4. The highest BCUT2D eigenvalue weighted by atomic mass is 16.6. The fourth-order valence-corrected chi connectivity index (χ4v) is 7.64. The average Bonchev–Trinajstić information content (AvgIpc) is 2.71. The molecule has 2 bridgehead atoms. The molecular formula is C25H36O9. The van der Waals surface area contributed by atoms with Crippen LogP contribution in [0.25, 0.3) is 0 Å². The van der Waals surface area contributed by atoms with Crippen molar-refractivity contribution in [3.63, 3.8) is 0 Å². The van der Waals surface area contributed by atoms with Crippen LogP contribution in [0.2, 0.25) is 0 Å². The van der Waals surface area contributed by atoms with E-state index in [1.165, 1.54) is 13.8 Å². The summed E-state index contributed by atoms with van der Waals surface area (Å²) in [5.41, 5.74) is -4.65. The van der Waals surface area contributed by atoms with E-state index in [0.717, 1.165) is 0 Å². The summed E-state index contributed by atoms with van der Waals surface area (Å²) in [5.74, 6) is -3.38. The van der Waals surface area contributed by atoms with Crippen LogP contribution in [0.15, 0.2) is 11.1 Å². The zero-order valence-electron chi connectivity index (χ0n) is 20.9. The highest BCUT2D eigenvalue weighted by Crippen LogP contribution is 2.65. The highest BCUT2D eigenvalue weighted by molar-refractivity contribution is 5.95. The summed E-state index contributed by atoms with van der Waals surface area (Å²) in [7, 11) is 0. The second kappa shape index (κ2) is 7.59. The molecule has 2 saturated carbocycles. The lowest BCUT2D eigenvalue weighted by Crippen LogP contribution is -2.79. The Morgan fingerprint density at radius 1 is 1.12 bits per heavy atom. The number of hydrogen-bond acceptors (Lipinski definition) is 9. The van der Waals surface area contributed by atoms with Crippen LogP contribution in [0.3, 0.4) is 0 Å². The molecule has 1 saturated heterocycles. The van der Waals surface area contributed by atoms with Crippen molar-refractivity contribution in [1.29, 1.82) is 0 Å². The van der Waals surface area contributed by atoms with Crippen LogP contribution in [-0.2, 0) is 28.6 Å². The Kier molecular flexibility index (Phi) is 5.65. The first-order valence-electron chi connectivity index (χ1n) is 11.9. The summed E-state index contributed by atoms with van der Waals surface area (Å²) in [5, 5.41) is 34.7. The van der Waals surface area contributed by atoms with Gasteiger partial charge >= 0.3 is 11.9 Å². The first-order valence-corrected chi connectivity index (χ1v) is 11.9. The number of ether oxygens (including phenoxy) is 3. The third-order valence-electron chi connectivity index (χ3n) is 9.44. The quantitative estimate of drug-likeness (QED) is 0.391. The van der Waals surface area contributed by atoms with Gasteiger partial charge in [-0.15, -0.1) is 0 Å².